The lowest BCUT2D eigenvalue weighted by atomic mass is 9.86. The fourth-order valence-corrected chi connectivity index (χ4v) is 2.97. The van der Waals surface area contributed by atoms with Gasteiger partial charge in [-0.05, 0) is 36.0 Å². The van der Waals surface area contributed by atoms with E-state index in [1.54, 1.807) is 7.11 Å². The molecule has 1 aromatic carbocycles. The number of hydrazine groups is 1. The van der Waals surface area contributed by atoms with E-state index in [0.717, 1.165) is 11.7 Å². The SMILES string of the molecule is COc1cccc(C(NN)C2CCCC2C)c1. The predicted molar refractivity (Wildman–Crippen MR) is 69.6 cm³/mol. The Morgan fingerprint density at radius 3 is 2.82 bits per heavy atom. The topological polar surface area (TPSA) is 47.3 Å². The lowest BCUT2D eigenvalue weighted by Crippen LogP contribution is -2.34. The molecule has 0 spiro atoms. The van der Waals surface area contributed by atoms with Crippen LogP contribution in [0.5, 0.6) is 5.75 Å². The first-order valence-corrected chi connectivity index (χ1v) is 6.36. The highest BCUT2D eigenvalue weighted by Gasteiger charge is 2.31. The number of methoxy groups -OCH3 is 1. The van der Waals surface area contributed by atoms with Gasteiger partial charge in [0.15, 0.2) is 0 Å². The standard InChI is InChI=1S/C14H22N2O/c1-10-5-3-8-13(10)14(16-15)11-6-4-7-12(9-11)17-2/h4,6-7,9-10,13-14,16H,3,5,8,15H2,1-2H3. The zero-order valence-corrected chi connectivity index (χ0v) is 10.6. The zero-order chi connectivity index (χ0) is 12.3. The van der Waals surface area contributed by atoms with Crippen LogP contribution < -0.4 is 16.0 Å². The van der Waals surface area contributed by atoms with Gasteiger partial charge in [0.05, 0.1) is 7.11 Å². The van der Waals surface area contributed by atoms with E-state index in [4.69, 9.17) is 10.6 Å². The molecular weight excluding hydrogens is 212 g/mol. The lowest BCUT2D eigenvalue weighted by molar-refractivity contribution is 0.303. The number of hydrogen-bond donors (Lipinski definition) is 2. The molecule has 2 rings (SSSR count). The van der Waals surface area contributed by atoms with Crippen LogP contribution >= 0.6 is 0 Å². The second-order valence-electron chi connectivity index (χ2n) is 4.99. The highest BCUT2D eigenvalue weighted by Crippen LogP contribution is 2.40. The number of nitrogens with two attached hydrogens (primary N) is 1. The minimum atomic E-state index is 0.239. The summed E-state index contributed by atoms with van der Waals surface area (Å²) in [5.74, 6) is 8.01. The molecule has 94 valence electrons. The maximum Gasteiger partial charge on any atom is 0.119 e. The summed E-state index contributed by atoms with van der Waals surface area (Å²) >= 11 is 0. The molecule has 3 atom stereocenters. The third-order valence-electron chi connectivity index (χ3n) is 3.99. The van der Waals surface area contributed by atoms with E-state index in [1.807, 2.05) is 12.1 Å². The highest BCUT2D eigenvalue weighted by molar-refractivity contribution is 5.31. The van der Waals surface area contributed by atoms with Crippen LogP contribution in [0.25, 0.3) is 0 Å². The van der Waals surface area contributed by atoms with Crippen molar-refractivity contribution in [2.45, 2.75) is 32.2 Å². The largest absolute Gasteiger partial charge is 0.497 e. The maximum absolute atomic E-state index is 5.75. The number of nitrogens with one attached hydrogen (secondary N) is 1. The number of hydrogen-bond acceptors (Lipinski definition) is 3. The molecular formula is C14H22N2O. The van der Waals surface area contributed by atoms with Crippen molar-refractivity contribution in [2.75, 3.05) is 7.11 Å². The van der Waals surface area contributed by atoms with Crippen LogP contribution in [-0.2, 0) is 0 Å². The molecule has 17 heavy (non-hydrogen) atoms. The monoisotopic (exact) mass is 234 g/mol. The quantitative estimate of drug-likeness (QED) is 0.622. The third kappa shape index (κ3) is 2.61. The first kappa shape index (κ1) is 12.4. The first-order valence-electron chi connectivity index (χ1n) is 6.36. The second kappa shape index (κ2) is 5.52. The van der Waals surface area contributed by atoms with Gasteiger partial charge < -0.3 is 4.74 Å². The van der Waals surface area contributed by atoms with Gasteiger partial charge in [-0.15, -0.1) is 0 Å². The summed E-state index contributed by atoms with van der Waals surface area (Å²) in [7, 11) is 1.70. The van der Waals surface area contributed by atoms with Gasteiger partial charge in [-0.1, -0.05) is 31.9 Å². The molecule has 0 amide bonds. The number of benzene rings is 1. The van der Waals surface area contributed by atoms with E-state index < -0.39 is 0 Å². The first-order chi connectivity index (χ1) is 8.26. The minimum Gasteiger partial charge on any atom is -0.497 e. The molecule has 0 bridgehead atoms. The van der Waals surface area contributed by atoms with Crippen LogP contribution in [0.2, 0.25) is 0 Å². The molecule has 3 heteroatoms. The van der Waals surface area contributed by atoms with Crippen LogP contribution in [0, 0.1) is 11.8 Å². The van der Waals surface area contributed by atoms with Gasteiger partial charge in [0.25, 0.3) is 0 Å². The Balaban J connectivity index is 2.21. The van der Waals surface area contributed by atoms with Crippen LogP contribution in [0.1, 0.15) is 37.8 Å². The second-order valence-corrected chi connectivity index (χ2v) is 4.99. The molecule has 0 aliphatic heterocycles. The summed E-state index contributed by atoms with van der Waals surface area (Å²) in [6.07, 6.45) is 3.88. The van der Waals surface area contributed by atoms with Gasteiger partial charge in [-0.25, -0.2) is 0 Å². The van der Waals surface area contributed by atoms with E-state index >= 15 is 0 Å². The number of ether oxygens (including phenoxy) is 1. The van der Waals surface area contributed by atoms with E-state index in [9.17, 15) is 0 Å². The van der Waals surface area contributed by atoms with Crippen LogP contribution in [0.3, 0.4) is 0 Å². The van der Waals surface area contributed by atoms with Gasteiger partial charge >= 0.3 is 0 Å². The molecule has 1 fully saturated rings. The van der Waals surface area contributed by atoms with Gasteiger partial charge in [-0.3, -0.25) is 11.3 Å². The van der Waals surface area contributed by atoms with Gasteiger partial charge in [0.1, 0.15) is 5.75 Å². The molecule has 1 aliphatic carbocycles. The summed E-state index contributed by atoms with van der Waals surface area (Å²) in [5.41, 5.74) is 4.21. The molecule has 1 aliphatic rings. The Bertz CT molecular complexity index is 367. The van der Waals surface area contributed by atoms with E-state index in [2.05, 4.69) is 24.5 Å². The van der Waals surface area contributed by atoms with Crippen LogP contribution in [-0.4, -0.2) is 7.11 Å². The minimum absolute atomic E-state index is 0.239. The van der Waals surface area contributed by atoms with E-state index in [0.29, 0.717) is 5.92 Å². The average Bonchev–Trinajstić information content (AvgIpc) is 2.77. The van der Waals surface area contributed by atoms with Crippen LogP contribution in [0.4, 0.5) is 0 Å². The van der Waals surface area contributed by atoms with Gasteiger partial charge in [0, 0.05) is 6.04 Å². The fraction of sp³-hybridized carbons (Fsp3) is 0.571. The normalized spacial score (nSPS) is 25.8. The van der Waals surface area contributed by atoms with Gasteiger partial charge in [0.2, 0.25) is 0 Å². The van der Waals surface area contributed by atoms with Crippen molar-refractivity contribution in [2.24, 2.45) is 17.7 Å². The molecule has 1 saturated carbocycles. The Hall–Kier alpha value is -1.06. The molecule has 0 aromatic heterocycles. The Labute approximate surface area is 103 Å². The van der Waals surface area contributed by atoms with E-state index in [1.165, 1.54) is 24.8 Å². The van der Waals surface area contributed by atoms with Crippen molar-refractivity contribution < 1.29 is 4.74 Å². The van der Waals surface area contributed by atoms with Crippen molar-refractivity contribution in [3.05, 3.63) is 29.8 Å². The summed E-state index contributed by atoms with van der Waals surface area (Å²) in [6, 6.07) is 8.43. The molecule has 3 N–H and O–H groups in total. The molecule has 3 nitrogen and oxygen atoms in total. The van der Waals surface area contributed by atoms with Crippen molar-refractivity contribution in [3.8, 4) is 5.75 Å². The zero-order valence-electron chi connectivity index (χ0n) is 10.6. The smallest absolute Gasteiger partial charge is 0.119 e. The van der Waals surface area contributed by atoms with Crippen molar-refractivity contribution in [3.63, 3.8) is 0 Å². The summed E-state index contributed by atoms with van der Waals surface area (Å²) < 4.78 is 5.27. The summed E-state index contributed by atoms with van der Waals surface area (Å²) in [5, 5.41) is 0. The Kier molecular flexibility index (Phi) is 4.02. The summed E-state index contributed by atoms with van der Waals surface area (Å²) in [6.45, 7) is 2.32. The number of rotatable bonds is 4. The average molecular weight is 234 g/mol. The molecule has 0 radical (unpaired) electrons. The van der Waals surface area contributed by atoms with Crippen molar-refractivity contribution in [1.82, 2.24) is 5.43 Å². The van der Waals surface area contributed by atoms with Crippen LogP contribution in [0.15, 0.2) is 24.3 Å². The van der Waals surface area contributed by atoms with E-state index in [-0.39, 0.29) is 6.04 Å². The van der Waals surface area contributed by atoms with Gasteiger partial charge in [-0.2, -0.15) is 0 Å². The van der Waals surface area contributed by atoms with Crippen molar-refractivity contribution in [1.29, 1.82) is 0 Å². The summed E-state index contributed by atoms with van der Waals surface area (Å²) in [4.78, 5) is 0. The molecule has 1 aromatic rings. The lowest BCUT2D eigenvalue weighted by Gasteiger charge is -2.27. The molecule has 0 heterocycles. The molecule has 0 saturated heterocycles. The fourth-order valence-electron chi connectivity index (χ4n) is 2.97. The highest BCUT2D eigenvalue weighted by atomic mass is 16.5. The Morgan fingerprint density at radius 1 is 1.41 bits per heavy atom. The Morgan fingerprint density at radius 2 is 2.24 bits per heavy atom. The predicted octanol–water partition coefficient (Wildman–Crippen LogP) is 2.64. The molecule has 3 unspecified atom stereocenters. The van der Waals surface area contributed by atoms with Crippen molar-refractivity contribution >= 4 is 0 Å². The maximum atomic E-state index is 5.75. The third-order valence-corrected chi connectivity index (χ3v) is 3.99.